The van der Waals surface area contributed by atoms with Gasteiger partial charge in [-0.05, 0) is 40.0 Å². The van der Waals surface area contributed by atoms with Gasteiger partial charge in [-0.1, -0.05) is 6.92 Å². The van der Waals surface area contributed by atoms with Gasteiger partial charge in [0.1, 0.15) is 11.9 Å². The van der Waals surface area contributed by atoms with E-state index in [0.717, 1.165) is 48.7 Å². The smallest absolute Gasteiger partial charge is 0.159 e. The molecule has 18 heavy (non-hydrogen) atoms. The molecule has 0 bridgehead atoms. The molecule has 2 heterocycles. The maximum atomic E-state index is 5.87. The second-order valence-corrected chi connectivity index (χ2v) is 4.90. The lowest BCUT2D eigenvalue weighted by Gasteiger charge is -2.15. The van der Waals surface area contributed by atoms with Crippen molar-refractivity contribution in [2.24, 2.45) is 0 Å². The first-order valence-corrected chi connectivity index (χ1v) is 6.92. The summed E-state index contributed by atoms with van der Waals surface area (Å²) >= 11 is 0. The zero-order valence-corrected chi connectivity index (χ0v) is 11.8. The van der Waals surface area contributed by atoms with E-state index in [0.29, 0.717) is 6.10 Å². The molecular formula is C14H23N3O. The molecule has 0 aliphatic carbocycles. The number of anilines is 1. The first kappa shape index (κ1) is 13.3. The van der Waals surface area contributed by atoms with Crippen molar-refractivity contribution in [3.63, 3.8) is 0 Å². The Bertz CT molecular complexity index is 420. The SMILES string of the molecule is CCNc1nc(C2CCC(C)O2)nc(CC)c1C. The summed E-state index contributed by atoms with van der Waals surface area (Å²) < 4.78 is 5.87. The van der Waals surface area contributed by atoms with Gasteiger partial charge in [-0.2, -0.15) is 0 Å². The third kappa shape index (κ3) is 2.64. The van der Waals surface area contributed by atoms with Gasteiger partial charge in [0.2, 0.25) is 0 Å². The van der Waals surface area contributed by atoms with Crippen LogP contribution in [0.15, 0.2) is 0 Å². The van der Waals surface area contributed by atoms with Crippen molar-refractivity contribution in [3.8, 4) is 0 Å². The van der Waals surface area contributed by atoms with Gasteiger partial charge in [-0.25, -0.2) is 9.97 Å². The Kier molecular flexibility index (Phi) is 4.17. The van der Waals surface area contributed by atoms with Crippen LogP contribution in [0.2, 0.25) is 0 Å². The average Bonchev–Trinajstić information content (AvgIpc) is 2.79. The Hall–Kier alpha value is -1.16. The second kappa shape index (κ2) is 5.65. The fourth-order valence-electron chi connectivity index (χ4n) is 2.40. The summed E-state index contributed by atoms with van der Waals surface area (Å²) in [5.74, 6) is 1.81. The van der Waals surface area contributed by atoms with Crippen LogP contribution in [0.5, 0.6) is 0 Å². The van der Waals surface area contributed by atoms with Crippen LogP contribution >= 0.6 is 0 Å². The van der Waals surface area contributed by atoms with Gasteiger partial charge < -0.3 is 10.1 Å². The number of rotatable bonds is 4. The van der Waals surface area contributed by atoms with Crippen molar-refractivity contribution < 1.29 is 4.74 Å². The van der Waals surface area contributed by atoms with Crippen LogP contribution in [0.25, 0.3) is 0 Å². The highest BCUT2D eigenvalue weighted by Gasteiger charge is 2.26. The normalized spacial score (nSPS) is 23.3. The van der Waals surface area contributed by atoms with E-state index in [1.807, 2.05) is 0 Å². The largest absolute Gasteiger partial charge is 0.370 e. The van der Waals surface area contributed by atoms with Crippen molar-refractivity contribution in [1.29, 1.82) is 0 Å². The molecule has 4 heteroatoms. The van der Waals surface area contributed by atoms with Gasteiger partial charge in [-0.15, -0.1) is 0 Å². The Morgan fingerprint density at radius 3 is 2.61 bits per heavy atom. The van der Waals surface area contributed by atoms with Crippen molar-refractivity contribution >= 4 is 5.82 Å². The van der Waals surface area contributed by atoms with E-state index in [1.54, 1.807) is 0 Å². The van der Waals surface area contributed by atoms with Crippen LogP contribution < -0.4 is 5.32 Å². The number of hydrogen-bond acceptors (Lipinski definition) is 4. The van der Waals surface area contributed by atoms with Gasteiger partial charge in [0, 0.05) is 17.8 Å². The molecule has 0 aromatic carbocycles. The highest BCUT2D eigenvalue weighted by molar-refractivity contribution is 5.46. The molecule has 1 aromatic rings. The molecule has 4 nitrogen and oxygen atoms in total. The molecule has 0 radical (unpaired) electrons. The van der Waals surface area contributed by atoms with Gasteiger partial charge in [0.25, 0.3) is 0 Å². The minimum absolute atomic E-state index is 0.0725. The highest BCUT2D eigenvalue weighted by Crippen LogP contribution is 2.32. The molecule has 1 fully saturated rings. The zero-order valence-electron chi connectivity index (χ0n) is 11.8. The van der Waals surface area contributed by atoms with Crippen molar-refractivity contribution in [1.82, 2.24) is 9.97 Å². The Morgan fingerprint density at radius 2 is 2.06 bits per heavy atom. The number of nitrogens with zero attached hydrogens (tertiary/aromatic N) is 2. The molecule has 2 rings (SSSR count). The van der Waals surface area contributed by atoms with Gasteiger partial charge >= 0.3 is 0 Å². The lowest BCUT2D eigenvalue weighted by Crippen LogP contribution is -2.12. The highest BCUT2D eigenvalue weighted by atomic mass is 16.5. The molecule has 1 aliphatic heterocycles. The minimum Gasteiger partial charge on any atom is -0.370 e. The third-order valence-corrected chi connectivity index (χ3v) is 3.46. The quantitative estimate of drug-likeness (QED) is 0.891. The van der Waals surface area contributed by atoms with Crippen LogP contribution in [-0.4, -0.2) is 22.6 Å². The predicted octanol–water partition coefficient (Wildman–Crippen LogP) is 3.02. The third-order valence-electron chi connectivity index (χ3n) is 3.46. The number of nitrogens with one attached hydrogen (secondary N) is 1. The first-order valence-electron chi connectivity index (χ1n) is 6.92. The maximum absolute atomic E-state index is 5.87. The molecule has 2 atom stereocenters. The number of aromatic nitrogens is 2. The summed E-state index contributed by atoms with van der Waals surface area (Å²) in [4.78, 5) is 9.31. The van der Waals surface area contributed by atoms with E-state index >= 15 is 0 Å². The summed E-state index contributed by atoms with van der Waals surface area (Å²) in [7, 11) is 0. The van der Waals surface area contributed by atoms with E-state index in [1.165, 1.54) is 0 Å². The van der Waals surface area contributed by atoms with Crippen LogP contribution in [0, 0.1) is 6.92 Å². The number of aryl methyl sites for hydroxylation is 1. The van der Waals surface area contributed by atoms with Crippen molar-refractivity contribution in [2.75, 3.05) is 11.9 Å². The van der Waals surface area contributed by atoms with Crippen molar-refractivity contribution in [3.05, 3.63) is 17.1 Å². The lowest BCUT2D eigenvalue weighted by molar-refractivity contribution is 0.0502. The van der Waals surface area contributed by atoms with Gasteiger partial charge in [-0.3, -0.25) is 0 Å². The van der Waals surface area contributed by atoms with E-state index in [-0.39, 0.29) is 6.10 Å². The summed E-state index contributed by atoms with van der Waals surface area (Å²) in [6.07, 6.45) is 3.46. The number of ether oxygens (including phenoxy) is 1. The van der Waals surface area contributed by atoms with Gasteiger partial charge in [0.15, 0.2) is 5.82 Å². The Morgan fingerprint density at radius 1 is 1.28 bits per heavy atom. The molecular weight excluding hydrogens is 226 g/mol. The second-order valence-electron chi connectivity index (χ2n) is 4.90. The summed E-state index contributed by atoms with van der Waals surface area (Å²) in [5.41, 5.74) is 2.29. The topological polar surface area (TPSA) is 47.0 Å². The molecule has 100 valence electrons. The standard InChI is InChI=1S/C14H23N3O/c1-5-11-10(4)13(15-6-2)17-14(16-11)12-8-7-9(3)18-12/h9,12H,5-8H2,1-4H3,(H,15,16,17). The van der Waals surface area contributed by atoms with Crippen LogP contribution in [-0.2, 0) is 11.2 Å². The Balaban J connectivity index is 2.32. The van der Waals surface area contributed by atoms with Crippen LogP contribution in [0.4, 0.5) is 5.82 Å². The molecule has 0 amide bonds. The monoisotopic (exact) mass is 249 g/mol. The first-order chi connectivity index (χ1) is 8.65. The fraction of sp³-hybridized carbons (Fsp3) is 0.714. The summed E-state index contributed by atoms with van der Waals surface area (Å²) in [6, 6.07) is 0. The van der Waals surface area contributed by atoms with E-state index in [4.69, 9.17) is 4.74 Å². The molecule has 0 saturated carbocycles. The minimum atomic E-state index is 0.0725. The molecule has 0 spiro atoms. The molecule has 1 saturated heterocycles. The maximum Gasteiger partial charge on any atom is 0.159 e. The summed E-state index contributed by atoms with van der Waals surface area (Å²) in [6.45, 7) is 9.29. The van der Waals surface area contributed by atoms with Crippen LogP contribution in [0.1, 0.15) is 56.8 Å². The number of hydrogen-bond donors (Lipinski definition) is 1. The lowest BCUT2D eigenvalue weighted by atomic mass is 10.1. The fourth-order valence-corrected chi connectivity index (χ4v) is 2.40. The molecule has 2 unspecified atom stereocenters. The molecule has 1 N–H and O–H groups in total. The van der Waals surface area contributed by atoms with E-state index in [9.17, 15) is 0 Å². The summed E-state index contributed by atoms with van der Waals surface area (Å²) in [5, 5.41) is 3.32. The van der Waals surface area contributed by atoms with E-state index < -0.39 is 0 Å². The molecule has 1 aromatic heterocycles. The zero-order chi connectivity index (χ0) is 13.1. The molecule has 1 aliphatic rings. The van der Waals surface area contributed by atoms with Crippen molar-refractivity contribution in [2.45, 2.75) is 59.2 Å². The van der Waals surface area contributed by atoms with Crippen LogP contribution in [0.3, 0.4) is 0 Å². The van der Waals surface area contributed by atoms with E-state index in [2.05, 4.69) is 43.0 Å². The van der Waals surface area contributed by atoms with Gasteiger partial charge in [0.05, 0.1) is 6.10 Å². The predicted molar refractivity (Wildman–Crippen MR) is 72.8 cm³/mol. The Labute approximate surface area is 109 Å². The average molecular weight is 249 g/mol.